The Labute approximate surface area is 112 Å². The predicted molar refractivity (Wildman–Crippen MR) is 71.3 cm³/mol. The van der Waals surface area contributed by atoms with Crippen LogP contribution in [0.25, 0.3) is 0 Å². The molecule has 2 heterocycles. The molecule has 2 fully saturated rings. The highest BCUT2D eigenvalue weighted by Crippen LogP contribution is 2.26. The summed E-state index contributed by atoms with van der Waals surface area (Å²) in [5.74, 6) is 0.762. The van der Waals surface area contributed by atoms with E-state index in [9.17, 15) is 18.3 Å². The molecule has 0 aromatic heterocycles. The second kappa shape index (κ2) is 5.02. The van der Waals surface area contributed by atoms with Crippen molar-refractivity contribution < 1.29 is 18.3 Å². The number of rotatable bonds is 3. The Kier molecular flexibility index (Phi) is 3.94. The molecule has 0 aromatic carbocycles. The molecule has 5 nitrogen and oxygen atoms in total. The number of β-amino-alcohol motifs (C(OH)–C–C–N with tert-alkyl or cyclic N) is 1. The Bertz CT molecular complexity index is 432. The molecule has 2 atom stereocenters. The van der Waals surface area contributed by atoms with Gasteiger partial charge in [0, 0.05) is 18.3 Å². The molecule has 18 heavy (non-hydrogen) atoms. The standard InChI is InChI=1S/C11H19NO4S2/c1-11(14)3-4-12(8-11)10(13)6-17-9-2-5-18(15,16)7-9/h9,14H,2-8H2,1H3. The van der Waals surface area contributed by atoms with Crippen LogP contribution in [0.1, 0.15) is 19.8 Å². The molecular weight excluding hydrogens is 274 g/mol. The zero-order valence-electron chi connectivity index (χ0n) is 10.5. The van der Waals surface area contributed by atoms with Gasteiger partial charge in [-0.25, -0.2) is 8.42 Å². The highest BCUT2D eigenvalue weighted by Gasteiger charge is 2.34. The number of sulfone groups is 1. The number of amides is 1. The highest BCUT2D eigenvalue weighted by molar-refractivity contribution is 8.02. The molecule has 2 aliphatic heterocycles. The van der Waals surface area contributed by atoms with Gasteiger partial charge in [-0.2, -0.15) is 0 Å². The number of carbonyl (C=O) groups is 1. The summed E-state index contributed by atoms with van der Waals surface area (Å²) in [4.78, 5) is 13.6. The summed E-state index contributed by atoms with van der Waals surface area (Å²) in [5, 5.41) is 9.84. The Morgan fingerprint density at radius 2 is 2.28 bits per heavy atom. The lowest BCUT2D eigenvalue weighted by Crippen LogP contribution is -2.35. The van der Waals surface area contributed by atoms with Gasteiger partial charge in [0.15, 0.2) is 9.84 Å². The molecular formula is C11H19NO4S2. The van der Waals surface area contributed by atoms with E-state index in [1.165, 1.54) is 11.8 Å². The largest absolute Gasteiger partial charge is 0.388 e. The zero-order valence-corrected chi connectivity index (χ0v) is 12.1. The molecule has 2 aliphatic rings. The molecule has 104 valence electrons. The molecule has 2 rings (SSSR count). The molecule has 7 heteroatoms. The quantitative estimate of drug-likeness (QED) is 0.786. The third-order valence-electron chi connectivity index (χ3n) is 3.44. The Hall–Kier alpha value is -0.270. The maximum absolute atomic E-state index is 11.9. The molecule has 0 bridgehead atoms. The summed E-state index contributed by atoms with van der Waals surface area (Å²) in [7, 11) is -2.87. The maximum atomic E-state index is 11.9. The van der Waals surface area contributed by atoms with Crippen LogP contribution in [0.3, 0.4) is 0 Å². The van der Waals surface area contributed by atoms with Gasteiger partial charge in [-0.05, 0) is 19.8 Å². The second-order valence-corrected chi connectivity index (χ2v) is 8.92. The first kappa shape index (κ1) is 14.1. The first-order chi connectivity index (χ1) is 8.27. The molecule has 0 aromatic rings. The molecule has 2 unspecified atom stereocenters. The van der Waals surface area contributed by atoms with Crippen molar-refractivity contribution in [3.63, 3.8) is 0 Å². The normalized spacial score (nSPS) is 35.0. The van der Waals surface area contributed by atoms with Gasteiger partial charge in [-0.15, -0.1) is 11.8 Å². The summed E-state index contributed by atoms with van der Waals surface area (Å²) in [6.45, 7) is 2.71. The van der Waals surface area contributed by atoms with E-state index in [1.54, 1.807) is 11.8 Å². The van der Waals surface area contributed by atoms with Crippen LogP contribution in [0.2, 0.25) is 0 Å². The second-order valence-electron chi connectivity index (χ2n) is 5.40. The Morgan fingerprint density at radius 3 is 2.78 bits per heavy atom. The monoisotopic (exact) mass is 293 g/mol. The van der Waals surface area contributed by atoms with Gasteiger partial charge in [0.25, 0.3) is 0 Å². The van der Waals surface area contributed by atoms with E-state index < -0.39 is 15.4 Å². The molecule has 0 radical (unpaired) electrons. The van der Waals surface area contributed by atoms with Crippen LogP contribution in [0.4, 0.5) is 0 Å². The van der Waals surface area contributed by atoms with Crippen molar-refractivity contribution >= 4 is 27.5 Å². The fourth-order valence-electron chi connectivity index (χ4n) is 2.33. The van der Waals surface area contributed by atoms with Crippen molar-refractivity contribution in [3.8, 4) is 0 Å². The predicted octanol–water partition coefficient (Wildman–Crippen LogP) is -0.110. The number of hydrogen-bond acceptors (Lipinski definition) is 5. The van der Waals surface area contributed by atoms with E-state index >= 15 is 0 Å². The van der Waals surface area contributed by atoms with E-state index in [-0.39, 0.29) is 22.7 Å². The minimum Gasteiger partial charge on any atom is -0.388 e. The van der Waals surface area contributed by atoms with Crippen molar-refractivity contribution in [2.45, 2.75) is 30.6 Å². The molecule has 1 amide bonds. The van der Waals surface area contributed by atoms with Crippen LogP contribution in [-0.4, -0.2) is 65.5 Å². The van der Waals surface area contributed by atoms with Crippen LogP contribution in [0.15, 0.2) is 0 Å². The van der Waals surface area contributed by atoms with Crippen molar-refractivity contribution in [1.29, 1.82) is 0 Å². The lowest BCUT2D eigenvalue weighted by Gasteiger charge is -2.19. The average molecular weight is 293 g/mol. The highest BCUT2D eigenvalue weighted by atomic mass is 32.2. The number of aliphatic hydroxyl groups is 1. The first-order valence-electron chi connectivity index (χ1n) is 6.10. The Balaban J connectivity index is 1.76. The van der Waals surface area contributed by atoms with Gasteiger partial charge >= 0.3 is 0 Å². The van der Waals surface area contributed by atoms with Gasteiger partial charge in [0.05, 0.1) is 22.9 Å². The minimum atomic E-state index is -2.87. The third kappa shape index (κ3) is 3.61. The van der Waals surface area contributed by atoms with Crippen molar-refractivity contribution in [2.75, 3.05) is 30.3 Å². The number of likely N-dealkylation sites (tertiary alicyclic amines) is 1. The number of hydrogen-bond donors (Lipinski definition) is 1. The average Bonchev–Trinajstić information content (AvgIpc) is 2.78. The fourth-order valence-corrected chi connectivity index (χ4v) is 5.88. The summed E-state index contributed by atoms with van der Waals surface area (Å²) in [6.07, 6.45) is 1.26. The number of carbonyl (C=O) groups excluding carboxylic acids is 1. The lowest BCUT2D eigenvalue weighted by atomic mass is 10.1. The number of thioether (sulfide) groups is 1. The van der Waals surface area contributed by atoms with E-state index in [4.69, 9.17) is 0 Å². The van der Waals surface area contributed by atoms with E-state index in [0.717, 1.165) is 0 Å². The molecule has 0 saturated carbocycles. The van der Waals surface area contributed by atoms with Crippen LogP contribution in [0, 0.1) is 0 Å². The third-order valence-corrected chi connectivity index (χ3v) is 6.70. The smallest absolute Gasteiger partial charge is 0.232 e. The summed E-state index contributed by atoms with van der Waals surface area (Å²) in [5.41, 5.74) is -0.767. The topological polar surface area (TPSA) is 74.7 Å². The van der Waals surface area contributed by atoms with Crippen LogP contribution < -0.4 is 0 Å². The summed E-state index contributed by atoms with van der Waals surface area (Å²) < 4.78 is 22.6. The van der Waals surface area contributed by atoms with Gasteiger partial charge in [-0.3, -0.25) is 4.79 Å². The van der Waals surface area contributed by atoms with E-state index in [1.807, 2.05) is 0 Å². The molecule has 1 N–H and O–H groups in total. The minimum absolute atomic E-state index is 0.00192. The SMILES string of the molecule is CC1(O)CCN(C(=O)CSC2CCS(=O)(=O)C2)C1. The summed E-state index contributed by atoms with van der Waals surface area (Å²) >= 11 is 1.43. The maximum Gasteiger partial charge on any atom is 0.232 e. The van der Waals surface area contributed by atoms with Crippen LogP contribution in [0.5, 0.6) is 0 Å². The molecule has 0 aliphatic carbocycles. The van der Waals surface area contributed by atoms with Crippen molar-refractivity contribution in [1.82, 2.24) is 4.90 Å². The van der Waals surface area contributed by atoms with Crippen molar-refractivity contribution in [3.05, 3.63) is 0 Å². The van der Waals surface area contributed by atoms with Gasteiger partial charge < -0.3 is 10.0 Å². The lowest BCUT2D eigenvalue weighted by molar-refractivity contribution is -0.128. The zero-order chi connectivity index (χ0) is 13.4. The Morgan fingerprint density at radius 1 is 1.56 bits per heavy atom. The molecule has 0 spiro atoms. The van der Waals surface area contributed by atoms with E-state index in [2.05, 4.69) is 0 Å². The van der Waals surface area contributed by atoms with Gasteiger partial charge in [0.1, 0.15) is 0 Å². The molecule has 2 saturated heterocycles. The number of nitrogens with zero attached hydrogens (tertiary/aromatic N) is 1. The fraction of sp³-hybridized carbons (Fsp3) is 0.909. The van der Waals surface area contributed by atoms with Crippen LogP contribution in [-0.2, 0) is 14.6 Å². The van der Waals surface area contributed by atoms with Gasteiger partial charge in [-0.1, -0.05) is 0 Å². The summed E-state index contributed by atoms with van der Waals surface area (Å²) in [6, 6.07) is 0. The van der Waals surface area contributed by atoms with Gasteiger partial charge in [0.2, 0.25) is 5.91 Å². The van der Waals surface area contributed by atoms with E-state index in [0.29, 0.717) is 31.7 Å². The van der Waals surface area contributed by atoms with Crippen molar-refractivity contribution in [2.24, 2.45) is 0 Å². The van der Waals surface area contributed by atoms with Crippen LogP contribution >= 0.6 is 11.8 Å². The first-order valence-corrected chi connectivity index (χ1v) is 8.97.